The first-order valence-electron chi connectivity index (χ1n) is 8.36. The van der Waals surface area contributed by atoms with Gasteiger partial charge in [-0.1, -0.05) is 35.1 Å². The van der Waals surface area contributed by atoms with Gasteiger partial charge in [-0.2, -0.15) is 0 Å². The number of halogens is 1. The third kappa shape index (κ3) is 3.62. The Hall–Kier alpha value is -2.11. The van der Waals surface area contributed by atoms with Crippen molar-refractivity contribution >= 4 is 49.9 Å². The highest BCUT2D eigenvalue weighted by Gasteiger charge is 2.27. The van der Waals surface area contributed by atoms with Crippen molar-refractivity contribution in [3.05, 3.63) is 53.6 Å². The van der Waals surface area contributed by atoms with E-state index in [1.54, 1.807) is 23.5 Å². The first-order chi connectivity index (χ1) is 12.2. The van der Waals surface area contributed by atoms with Gasteiger partial charge in [-0.15, -0.1) is 0 Å². The summed E-state index contributed by atoms with van der Waals surface area (Å²) in [5, 5.41) is 4.67. The number of para-hydroxylation sites is 1. The summed E-state index contributed by atoms with van der Waals surface area (Å²) in [5.41, 5.74) is 1.81. The van der Waals surface area contributed by atoms with Crippen LogP contribution in [-0.2, 0) is 4.79 Å². The van der Waals surface area contributed by atoms with E-state index < -0.39 is 0 Å². The Balaban J connectivity index is 1.46. The average molecular weight is 372 g/mol. The Morgan fingerprint density at radius 3 is 2.80 bits per heavy atom. The molecule has 128 valence electrons. The summed E-state index contributed by atoms with van der Waals surface area (Å²) in [6, 6.07) is 15.4. The van der Waals surface area contributed by atoms with E-state index in [4.69, 9.17) is 16.6 Å². The second-order valence-electron chi connectivity index (χ2n) is 6.25. The van der Waals surface area contributed by atoms with E-state index in [0.29, 0.717) is 11.6 Å². The van der Waals surface area contributed by atoms with E-state index in [1.807, 2.05) is 30.3 Å². The van der Waals surface area contributed by atoms with Gasteiger partial charge in [0.25, 0.3) is 0 Å². The topological polar surface area (TPSA) is 45.2 Å². The molecule has 0 saturated carbocycles. The number of thiazole rings is 1. The molecule has 1 aromatic heterocycles. The molecule has 1 saturated heterocycles. The molecule has 2 heterocycles. The Bertz CT molecular complexity index is 860. The minimum Gasteiger partial charge on any atom is -0.347 e. The minimum absolute atomic E-state index is 0.0311. The third-order valence-electron chi connectivity index (χ3n) is 4.46. The van der Waals surface area contributed by atoms with Crippen LogP contribution in [0.15, 0.2) is 48.5 Å². The molecule has 0 radical (unpaired) electrons. The number of amides is 1. The number of fused-ring (bicyclic) bond motifs is 1. The maximum absolute atomic E-state index is 12.6. The van der Waals surface area contributed by atoms with Gasteiger partial charge in [0, 0.05) is 23.8 Å². The Labute approximate surface area is 155 Å². The lowest BCUT2D eigenvalue weighted by Crippen LogP contribution is -2.40. The van der Waals surface area contributed by atoms with Crippen molar-refractivity contribution in [3.63, 3.8) is 0 Å². The van der Waals surface area contributed by atoms with Crippen molar-refractivity contribution in [3.8, 4) is 0 Å². The molecule has 1 amide bonds. The molecule has 2 aromatic carbocycles. The number of nitrogens with zero attached hydrogens (tertiary/aromatic N) is 2. The maximum atomic E-state index is 12.6. The summed E-state index contributed by atoms with van der Waals surface area (Å²) in [6.45, 7) is 1.66. The summed E-state index contributed by atoms with van der Waals surface area (Å²) in [4.78, 5) is 19.6. The summed E-state index contributed by atoms with van der Waals surface area (Å²) in [5.74, 6) is 0.0320. The van der Waals surface area contributed by atoms with E-state index in [2.05, 4.69) is 16.3 Å². The van der Waals surface area contributed by atoms with E-state index in [-0.39, 0.29) is 11.8 Å². The lowest BCUT2D eigenvalue weighted by atomic mass is 9.97. The first kappa shape index (κ1) is 16.4. The lowest BCUT2D eigenvalue weighted by Gasteiger charge is -2.31. The molecule has 0 aliphatic carbocycles. The summed E-state index contributed by atoms with van der Waals surface area (Å²) in [7, 11) is 0. The third-order valence-corrected chi connectivity index (χ3v) is 5.81. The number of hydrogen-bond donors (Lipinski definition) is 1. The smallest absolute Gasteiger partial charge is 0.229 e. The van der Waals surface area contributed by atoms with Crippen LogP contribution in [0.25, 0.3) is 10.2 Å². The van der Waals surface area contributed by atoms with E-state index in [1.165, 1.54) is 4.70 Å². The molecule has 1 fully saturated rings. The molecule has 1 N–H and O–H groups in total. The summed E-state index contributed by atoms with van der Waals surface area (Å²) >= 11 is 7.58. The molecule has 0 spiro atoms. The molecular formula is C19H18ClN3OS. The SMILES string of the molecule is O=C(Nc1ccc(Cl)cc1)C1CCCN(c2nc3ccccc3s2)C1. The van der Waals surface area contributed by atoms with E-state index >= 15 is 0 Å². The van der Waals surface area contributed by atoms with Gasteiger partial charge in [-0.25, -0.2) is 4.98 Å². The van der Waals surface area contributed by atoms with Gasteiger partial charge in [0.15, 0.2) is 5.13 Å². The van der Waals surface area contributed by atoms with Gasteiger partial charge >= 0.3 is 0 Å². The van der Waals surface area contributed by atoms with E-state index in [0.717, 1.165) is 35.7 Å². The van der Waals surface area contributed by atoms with Crippen LogP contribution in [0.4, 0.5) is 10.8 Å². The highest BCUT2D eigenvalue weighted by Crippen LogP contribution is 2.31. The number of benzene rings is 2. The Morgan fingerprint density at radius 2 is 2.00 bits per heavy atom. The van der Waals surface area contributed by atoms with Gasteiger partial charge in [0.05, 0.1) is 16.1 Å². The predicted octanol–water partition coefficient (Wildman–Crippen LogP) is 4.80. The molecule has 6 heteroatoms. The van der Waals surface area contributed by atoms with Crippen molar-refractivity contribution in [2.45, 2.75) is 12.8 Å². The van der Waals surface area contributed by atoms with Crippen molar-refractivity contribution in [1.29, 1.82) is 0 Å². The second kappa shape index (κ2) is 7.02. The van der Waals surface area contributed by atoms with Crippen LogP contribution in [0.3, 0.4) is 0 Å². The van der Waals surface area contributed by atoms with Crippen LogP contribution in [0.2, 0.25) is 5.02 Å². The van der Waals surface area contributed by atoms with Crippen LogP contribution in [-0.4, -0.2) is 24.0 Å². The number of nitrogens with one attached hydrogen (secondary N) is 1. The fraction of sp³-hybridized carbons (Fsp3) is 0.263. The highest BCUT2D eigenvalue weighted by atomic mass is 35.5. The molecule has 1 atom stereocenters. The summed E-state index contributed by atoms with van der Waals surface area (Å²) < 4.78 is 1.19. The number of carbonyl (C=O) groups is 1. The molecule has 1 unspecified atom stereocenters. The molecule has 4 rings (SSSR count). The fourth-order valence-corrected chi connectivity index (χ4v) is 4.26. The number of carbonyl (C=O) groups excluding carboxylic acids is 1. The molecule has 1 aliphatic heterocycles. The molecule has 0 bridgehead atoms. The minimum atomic E-state index is -0.0311. The zero-order chi connectivity index (χ0) is 17.2. The Kier molecular flexibility index (Phi) is 4.59. The fourth-order valence-electron chi connectivity index (χ4n) is 3.14. The molecule has 3 aromatic rings. The maximum Gasteiger partial charge on any atom is 0.229 e. The number of piperidine rings is 1. The lowest BCUT2D eigenvalue weighted by molar-refractivity contribution is -0.120. The molecule has 4 nitrogen and oxygen atoms in total. The van der Waals surface area contributed by atoms with Crippen LogP contribution >= 0.6 is 22.9 Å². The van der Waals surface area contributed by atoms with Gasteiger partial charge in [0.1, 0.15) is 0 Å². The van der Waals surface area contributed by atoms with Crippen LogP contribution in [0.5, 0.6) is 0 Å². The quantitative estimate of drug-likeness (QED) is 0.718. The average Bonchev–Trinajstić information content (AvgIpc) is 3.08. The van der Waals surface area contributed by atoms with Crippen LogP contribution in [0, 0.1) is 5.92 Å². The van der Waals surface area contributed by atoms with Crippen molar-refractivity contribution < 1.29 is 4.79 Å². The van der Waals surface area contributed by atoms with Crippen molar-refractivity contribution in [1.82, 2.24) is 4.98 Å². The van der Waals surface area contributed by atoms with Crippen molar-refractivity contribution in [2.24, 2.45) is 5.92 Å². The predicted molar refractivity (Wildman–Crippen MR) is 105 cm³/mol. The molecular weight excluding hydrogens is 354 g/mol. The van der Waals surface area contributed by atoms with Gasteiger partial charge in [-0.05, 0) is 49.2 Å². The van der Waals surface area contributed by atoms with E-state index in [9.17, 15) is 4.79 Å². The van der Waals surface area contributed by atoms with Gasteiger partial charge in [0.2, 0.25) is 5.91 Å². The standard InChI is InChI=1S/C19H18ClN3OS/c20-14-7-9-15(10-8-14)21-18(24)13-4-3-11-23(12-13)19-22-16-5-1-2-6-17(16)25-19/h1-2,5-10,13H,3-4,11-12H2,(H,21,24). The normalized spacial score (nSPS) is 17.6. The number of rotatable bonds is 3. The first-order valence-corrected chi connectivity index (χ1v) is 9.55. The number of anilines is 2. The largest absolute Gasteiger partial charge is 0.347 e. The molecule has 1 aliphatic rings. The summed E-state index contributed by atoms with van der Waals surface area (Å²) in [6.07, 6.45) is 1.90. The zero-order valence-corrected chi connectivity index (χ0v) is 15.2. The van der Waals surface area contributed by atoms with Gasteiger partial charge < -0.3 is 10.2 Å². The highest BCUT2D eigenvalue weighted by molar-refractivity contribution is 7.22. The monoisotopic (exact) mass is 371 g/mol. The number of aromatic nitrogens is 1. The number of hydrogen-bond acceptors (Lipinski definition) is 4. The van der Waals surface area contributed by atoms with Crippen molar-refractivity contribution in [2.75, 3.05) is 23.3 Å². The van der Waals surface area contributed by atoms with Crippen LogP contribution < -0.4 is 10.2 Å². The molecule has 25 heavy (non-hydrogen) atoms. The zero-order valence-electron chi connectivity index (χ0n) is 13.6. The van der Waals surface area contributed by atoms with Crippen LogP contribution in [0.1, 0.15) is 12.8 Å². The van der Waals surface area contributed by atoms with Gasteiger partial charge in [-0.3, -0.25) is 4.79 Å². The second-order valence-corrected chi connectivity index (χ2v) is 7.69. The Morgan fingerprint density at radius 1 is 1.20 bits per heavy atom.